The van der Waals surface area contributed by atoms with E-state index >= 15 is 0 Å². The number of hydrogen-bond acceptors (Lipinski definition) is 4. The Labute approximate surface area is 137 Å². The fraction of sp³-hybridized carbons (Fsp3) is 0.222. The maximum Gasteiger partial charge on any atom is 0.126 e. The zero-order valence-electron chi connectivity index (χ0n) is 14.0. The molecule has 23 heavy (non-hydrogen) atoms. The third kappa shape index (κ3) is 4.93. The first-order chi connectivity index (χ1) is 11.0. The number of aryl methyl sites for hydroxylation is 2. The molecule has 0 radical (unpaired) electrons. The van der Waals surface area contributed by atoms with Gasteiger partial charge in [-0.25, -0.2) is 10.0 Å². The summed E-state index contributed by atoms with van der Waals surface area (Å²) in [6.45, 7) is 4.15. The standard InChI is InChI=1S/C18H23N5/c1-13-7-8-14(2)16(10-13)17(22-23(3)4)11-18(19)21-15-6-5-9-20-12-15/h5-12,22H,1-4H3,(H2,19,21)/b17-11-. The van der Waals surface area contributed by atoms with Crippen LogP contribution in [-0.2, 0) is 0 Å². The van der Waals surface area contributed by atoms with Gasteiger partial charge in [0.15, 0.2) is 0 Å². The second-order valence-corrected chi connectivity index (χ2v) is 5.63. The molecule has 2 rings (SSSR count). The summed E-state index contributed by atoms with van der Waals surface area (Å²) in [5, 5.41) is 1.88. The van der Waals surface area contributed by atoms with E-state index < -0.39 is 0 Å². The molecule has 0 bridgehead atoms. The van der Waals surface area contributed by atoms with Gasteiger partial charge < -0.3 is 11.2 Å². The zero-order chi connectivity index (χ0) is 16.8. The second kappa shape index (κ2) is 7.56. The van der Waals surface area contributed by atoms with Gasteiger partial charge in [0.25, 0.3) is 0 Å². The zero-order valence-corrected chi connectivity index (χ0v) is 14.0. The SMILES string of the molecule is Cc1ccc(C)c(/C(=C/C(N)=Nc2cccnc2)NN(C)C)c1. The number of nitrogens with zero attached hydrogens (tertiary/aromatic N) is 3. The van der Waals surface area contributed by atoms with Crippen LogP contribution >= 0.6 is 0 Å². The van der Waals surface area contributed by atoms with Gasteiger partial charge >= 0.3 is 0 Å². The van der Waals surface area contributed by atoms with E-state index in [0.717, 1.165) is 16.9 Å². The van der Waals surface area contributed by atoms with Gasteiger partial charge in [0.05, 0.1) is 17.6 Å². The van der Waals surface area contributed by atoms with Crippen LogP contribution in [0.3, 0.4) is 0 Å². The normalized spacial score (nSPS) is 12.6. The molecule has 1 heterocycles. The highest BCUT2D eigenvalue weighted by molar-refractivity contribution is 5.99. The average molecular weight is 309 g/mol. The first-order valence-corrected chi connectivity index (χ1v) is 7.43. The molecule has 5 nitrogen and oxygen atoms in total. The Hall–Kier alpha value is -2.66. The van der Waals surface area contributed by atoms with Crippen molar-refractivity contribution in [3.63, 3.8) is 0 Å². The number of rotatable bonds is 5. The van der Waals surface area contributed by atoms with Gasteiger partial charge in [-0.1, -0.05) is 17.7 Å². The predicted molar refractivity (Wildman–Crippen MR) is 96.2 cm³/mol. The number of aliphatic imine (C=N–C) groups is 1. The first kappa shape index (κ1) is 16.7. The van der Waals surface area contributed by atoms with Crippen molar-refractivity contribution in [2.45, 2.75) is 13.8 Å². The summed E-state index contributed by atoms with van der Waals surface area (Å²) in [6, 6.07) is 10.0. The molecule has 1 aromatic heterocycles. The van der Waals surface area contributed by atoms with E-state index in [1.54, 1.807) is 12.4 Å². The van der Waals surface area contributed by atoms with Crippen LogP contribution in [0.25, 0.3) is 5.70 Å². The van der Waals surface area contributed by atoms with Crippen molar-refractivity contribution in [3.8, 4) is 0 Å². The minimum Gasteiger partial charge on any atom is -0.384 e. The molecule has 0 saturated carbocycles. The van der Waals surface area contributed by atoms with E-state index in [2.05, 4.69) is 47.4 Å². The van der Waals surface area contributed by atoms with Crippen LogP contribution in [0.4, 0.5) is 5.69 Å². The Morgan fingerprint density at radius 2 is 2.04 bits per heavy atom. The molecule has 0 saturated heterocycles. The molecular formula is C18H23N5. The van der Waals surface area contributed by atoms with Crippen molar-refractivity contribution in [2.24, 2.45) is 10.7 Å². The topological polar surface area (TPSA) is 66.5 Å². The van der Waals surface area contributed by atoms with E-state index in [1.807, 2.05) is 37.3 Å². The number of aromatic nitrogens is 1. The molecule has 5 heteroatoms. The van der Waals surface area contributed by atoms with Crippen molar-refractivity contribution in [2.75, 3.05) is 14.1 Å². The molecule has 0 spiro atoms. The predicted octanol–water partition coefficient (Wildman–Crippen LogP) is 2.79. The van der Waals surface area contributed by atoms with Crippen molar-refractivity contribution in [1.29, 1.82) is 0 Å². The van der Waals surface area contributed by atoms with Crippen LogP contribution in [0.5, 0.6) is 0 Å². The molecule has 0 amide bonds. The quantitative estimate of drug-likeness (QED) is 0.506. The summed E-state index contributed by atoms with van der Waals surface area (Å²) in [5.41, 5.74) is 14.5. The lowest BCUT2D eigenvalue weighted by molar-refractivity contribution is 0.352. The highest BCUT2D eigenvalue weighted by Crippen LogP contribution is 2.19. The largest absolute Gasteiger partial charge is 0.384 e. The van der Waals surface area contributed by atoms with Gasteiger partial charge in [-0.2, -0.15) is 0 Å². The van der Waals surface area contributed by atoms with Crippen molar-refractivity contribution in [3.05, 3.63) is 65.5 Å². The molecule has 0 unspecified atom stereocenters. The van der Waals surface area contributed by atoms with Crippen LogP contribution in [0, 0.1) is 13.8 Å². The Morgan fingerprint density at radius 3 is 2.70 bits per heavy atom. The Morgan fingerprint density at radius 1 is 1.26 bits per heavy atom. The number of pyridine rings is 1. The van der Waals surface area contributed by atoms with Gasteiger partial charge in [-0.05, 0) is 37.6 Å². The third-order valence-corrected chi connectivity index (χ3v) is 3.22. The third-order valence-electron chi connectivity index (χ3n) is 3.22. The van der Waals surface area contributed by atoms with Gasteiger partial charge in [-0.15, -0.1) is 0 Å². The fourth-order valence-electron chi connectivity index (χ4n) is 2.19. The van der Waals surface area contributed by atoms with Crippen LogP contribution < -0.4 is 11.2 Å². The van der Waals surface area contributed by atoms with E-state index in [-0.39, 0.29) is 0 Å². The maximum atomic E-state index is 6.10. The summed E-state index contributed by atoms with van der Waals surface area (Å²) in [5.74, 6) is 0.420. The van der Waals surface area contributed by atoms with E-state index in [4.69, 9.17) is 5.73 Å². The lowest BCUT2D eigenvalue weighted by atomic mass is 10.0. The molecule has 120 valence electrons. The molecular weight excluding hydrogens is 286 g/mol. The molecule has 3 N–H and O–H groups in total. The van der Waals surface area contributed by atoms with Crippen LogP contribution in [0.1, 0.15) is 16.7 Å². The van der Waals surface area contributed by atoms with Crippen LogP contribution in [-0.4, -0.2) is 29.9 Å². The number of nitrogens with two attached hydrogens (primary N) is 1. The summed E-state index contributed by atoms with van der Waals surface area (Å²) >= 11 is 0. The first-order valence-electron chi connectivity index (χ1n) is 7.43. The molecule has 1 aromatic carbocycles. The number of amidine groups is 1. The summed E-state index contributed by atoms with van der Waals surface area (Å²) < 4.78 is 0. The minimum absolute atomic E-state index is 0.420. The Balaban J connectivity index is 2.41. The highest BCUT2D eigenvalue weighted by atomic mass is 15.5. The molecule has 0 aliphatic rings. The van der Waals surface area contributed by atoms with Crippen molar-refractivity contribution in [1.82, 2.24) is 15.4 Å². The monoisotopic (exact) mass is 309 g/mol. The van der Waals surface area contributed by atoms with Gasteiger partial charge in [0.2, 0.25) is 0 Å². The van der Waals surface area contributed by atoms with Gasteiger partial charge in [-0.3, -0.25) is 4.98 Å². The minimum atomic E-state index is 0.420. The molecule has 0 fully saturated rings. The number of benzene rings is 1. The second-order valence-electron chi connectivity index (χ2n) is 5.63. The number of hydrazine groups is 1. The molecule has 0 aliphatic heterocycles. The van der Waals surface area contributed by atoms with Crippen molar-refractivity contribution >= 4 is 17.2 Å². The molecule has 0 atom stereocenters. The maximum absolute atomic E-state index is 6.10. The lowest BCUT2D eigenvalue weighted by Gasteiger charge is -2.19. The Bertz CT molecular complexity index is 717. The summed E-state index contributed by atoms with van der Waals surface area (Å²) in [7, 11) is 3.88. The Kier molecular flexibility index (Phi) is 5.49. The van der Waals surface area contributed by atoms with E-state index in [9.17, 15) is 0 Å². The highest BCUT2D eigenvalue weighted by Gasteiger charge is 2.07. The fourth-order valence-corrected chi connectivity index (χ4v) is 2.19. The van der Waals surface area contributed by atoms with Crippen molar-refractivity contribution < 1.29 is 0 Å². The smallest absolute Gasteiger partial charge is 0.126 e. The van der Waals surface area contributed by atoms with E-state index in [0.29, 0.717) is 5.84 Å². The summed E-state index contributed by atoms with van der Waals surface area (Å²) in [6.07, 6.45) is 5.23. The number of nitrogens with one attached hydrogen (secondary N) is 1. The van der Waals surface area contributed by atoms with E-state index in [1.165, 1.54) is 11.1 Å². The molecule has 2 aromatic rings. The molecule has 0 aliphatic carbocycles. The van der Waals surface area contributed by atoms with Crippen LogP contribution in [0.15, 0.2) is 53.8 Å². The summed E-state index contributed by atoms with van der Waals surface area (Å²) in [4.78, 5) is 8.42. The van der Waals surface area contributed by atoms with Crippen LogP contribution in [0.2, 0.25) is 0 Å². The van der Waals surface area contributed by atoms with Gasteiger partial charge in [0.1, 0.15) is 5.84 Å². The lowest BCUT2D eigenvalue weighted by Crippen LogP contribution is -2.30. The van der Waals surface area contributed by atoms with Gasteiger partial charge in [0, 0.05) is 31.9 Å². The number of hydrogen-bond donors (Lipinski definition) is 2. The average Bonchev–Trinajstić information content (AvgIpc) is 2.49.